The van der Waals surface area contributed by atoms with Gasteiger partial charge in [0.05, 0.1) is 20.6 Å². The summed E-state index contributed by atoms with van der Waals surface area (Å²) in [5, 5.41) is 10.5. The second-order valence-electron chi connectivity index (χ2n) is 7.29. The van der Waals surface area contributed by atoms with Crippen LogP contribution in [0.2, 0.25) is 10.0 Å². The highest BCUT2D eigenvalue weighted by Crippen LogP contribution is 2.39. The molecule has 6 nitrogen and oxygen atoms in total. The first-order valence-electron chi connectivity index (χ1n) is 9.29. The van der Waals surface area contributed by atoms with E-state index in [0.717, 1.165) is 24.3 Å². The molecule has 3 rings (SSSR count). The Balaban J connectivity index is 1.80. The van der Waals surface area contributed by atoms with Crippen LogP contribution in [0.25, 0.3) is 0 Å². The van der Waals surface area contributed by atoms with Crippen LogP contribution >= 0.6 is 23.2 Å². The SMILES string of the molecule is CC(O)(c1ccc(S(=O)(=O)N2CCCN(c3c(Cl)cncc3Cl)CC2)cc1)C(F)(F)F. The number of benzene rings is 1. The first kappa shape index (κ1) is 24.1. The Morgan fingerprint density at radius 1 is 1.00 bits per heavy atom. The zero-order valence-corrected chi connectivity index (χ0v) is 18.7. The van der Waals surface area contributed by atoms with Crippen molar-refractivity contribution in [1.82, 2.24) is 9.29 Å². The van der Waals surface area contributed by atoms with E-state index in [4.69, 9.17) is 23.2 Å². The molecule has 1 atom stereocenters. The number of pyridine rings is 1. The number of sulfonamides is 1. The van der Waals surface area contributed by atoms with E-state index in [1.54, 1.807) is 0 Å². The Bertz CT molecular complexity index is 1030. The third kappa shape index (κ3) is 4.78. The minimum atomic E-state index is -4.89. The third-order valence-corrected chi connectivity index (χ3v) is 7.67. The van der Waals surface area contributed by atoms with E-state index < -0.39 is 27.4 Å². The molecule has 1 aromatic carbocycles. The highest BCUT2D eigenvalue weighted by molar-refractivity contribution is 7.89. The fourth-order valence-electron chi connectivity index (χ4n) is 3.33. The Morgan fingerprint density at radius 2 is 1.58 bits per heavy atom. The highest BCUT2D eigenvalue weighted by Gasteiger charge is 2.51. The van der Waals surface area contributed by atoms with Crippen LogP contribution in [0.5, 0.6) is 0 Å². The van der Waals surface area contributed by atoms with E-state index in [0.29, 0.717) is 42.2 Å². The van der Waals surface area contributed by atoms with Gasteiger partial charge in [0.25, 0.3) is 0 Å². The van der Waals surface area contributed by atoms with Gasteiger partial charge in [-0.15, -0.1) is 0 Å². The first-order chi connectivity index (χ1) is 14.4. The minimum Gasteiger partial charge on any atom is -0.376 e. The van der Waals surface area contributed by atoms with Gasteiger partial charge in [-0.3, -0.25) is 4.98 Å². The number of aliphatic hydroxyl groups is 1. The number of nitrogens with zero attached hydrogens (tertiary/aromatic N) is 3. The van der Waals surface area contributed by atoms with E-state index in [1.165, 1.54) is 16.7 Å². The summed E-state index contributed by atoms with van der Waals surface area (Å²) in [5.41, 5.74) is -2.94. The molecule has 0 saturated carbocycles. The third-order valence-electron chi connectivity index (χ3n) is 5.21. The van der Waals surface area contributed by atoms with Crippen LogP contribution in [0.4, 0.5) is 18.9 Å². The molecular weight excluding hydrogens is 478 g/mol. The van der Waals surface area contributed by atoms with E-state index >= 15 is 0 Å². The maximum atomic E-state index is 13.0. The summed E-state index contributed by atoms with van der Waals surface area (Å²) >= 11 is 12.4. The summed E-state index contributed by atoms with van der Waals surface area (Å²) in [7, 11) is -3.94. The molecule has 0 radical (unpaired) electrons. The zero-order chi connectivity index (χ0) is 23.0. The lowest BCUT2D eigenvalue weighted by atomic mass is 9.96. The number of hydrogen-bond acceptors (Lipinski definition) is 5. The van der Waals surface area contributed by atoms with Gasteiger partial charge in [-0.2, -0.15) is 17.5 Å². The molecule has 1 aliphatic heterocycles. The standard InChI is InChI=1S/C19H20Cl2F3N3O3S/c1-18(28,19(22,23)24)13-3-5-14(6-4-13)31(29,30)27-8-2-7-26(9-10-27)17-15(20)11-25-12-16(17)21/h3-6,11-12,28H,2,7-10H2,1H3. The highest BCUT2D eigenvalue weighted by atomic mass is 35.5. The normalized spacial score (nSPS) is 18.5. The minimum absolute atomic E-state index is 0.138. The summed E-state index contributed by atoms with van der Waals surface area (Å²) in [6.07, 6.45) is -1.48. The molecule has 0 bridgehead atoms. The fraction of sp³-hybridized carbons (Fsp3) is 0.421. The van der Waals surface area contributed by atoms with Crippen molar-refractivity contribution in [1.29, 1.82) is 0 Å². The molecule has 1 N–H and O–H groups in total. The monoisotopic (exact) mass is 497 g/mol. The van der Waals surface area contributed by atoms with Crippen LogP contribution in [0, 0.1) is 0 Å². The Morgan fingerprint density at radius 3 is 2.13 bits per heavy atom. The molecular formula is C19H20Cl2F3N3O3S. The van der Waals surface area contributed by atoms with Gasteiger partial charge >= 0.3 is 6.18 Å². The second kappa shape index (κ2) is 8.74. The van der Waals surface area contributed by atoms with Gasteiger partial charge in [-0.1, -0.05) is 35.3 Å². The van der Waals surface area contributed by atoms with Gasteiger partial charge in [0.15, 0.2) is 5.60 Å². The largest absolute Gasteiger partial charge is 0.421 e. The van der Waals surface area contributed by atoms with Crippen molar-refractivity contribution in [2.75, 3.05) is 31.1 Å². The van der Waals surface area contributed by atoms with E-state index in [-0.39, 0.29) is 18.0 Å². The van der Waals surface area contributed by atoms with Crippen LogP contribution in [-0.4, -0.2) is 55.2 Å². The first-order valence-corrected chi connectivity index (χ1v) is 11.5. The molecule has 31 heavy (non-hydrogen) atoms. The van der Waals surface area contributed by atoms with Gasteiger partial charge in [0.1, 0.15) is 0 Å². The number of aromatic nitrogens is 1. The van der Waals surface area contributed by atoms with E-state index in [1.807, 2.05) is 4.90 Å². The fourth-order valence-corrected chi connectivity index (χ4v) is 5.40. The lowest BCUT2D eigenvalue weighted by Crippen LogP contribution is -2.39. The Kier molecular flexibility index (Phi) is 6.79. The Hall–Kier alpha value is -1.59. The molecule has 0 spiro atoms. The predicted octanol–water partition coefficient (Wildman–Crippen LogP) is 4.06. The van der Waals surface area contributed by atoms with Crippen molar-refractivity contribution >= 4 is 38.9 Å². The quantitative estimate of drug-likeness (QED) is 0.689. The number of alkyl halides is 3. The van der Waals surface area contributed by atoms with Gasteiger partial charge in [0.2, 0.25) is 10.0 Å². The molecule has 2 aromatic rings. The number of anilines is 1. The molecule has 1 aromatic heterocycles. The van der Waals surface area contributed by atoms with Gasteiger partial charge in [-0.05, 0) is 31.0 Å². The van der Waals surface area contributed by atoms with Crippen LogP contribution in [0.1, 0.15) is 18.9 Å². The van der Waals surface area contributed by atoms with Gasteiger partial charge in [0, 0.05) is 38.6 Å². The van der Waals surface area contributed by atoms with E-state index in [2.05, 4.69) is 4.98 Å². The molecule has 2 heterocycles. The average Bonchev–Trinajstić information content (AvgIpc) is 2.94. The predicted molar refractivity (Wildman–Crippen MR) is 112 cm³/mol. The van der Waals surface area contributed by atoms with Gasteiger partial charge < -0.3 is 10.0 Å². The molecule has 1 fully saturated rings. The summed E-state index contributed by atoms with van der Waals surface area (Å²) < 4.78 is 66.4. The maximum Gasteiger partial charge on any atom is 0.421 e. The van der Waals surface area contributed by atoms with Crippen molar-refractivity contribution in [3.63, 3.8) is 0 Å². The average molecular weight is 498 g/mol. The zero-order valence-electron chi connectivity index (χ0n) is 16.4. The summed E-state index contributed by atoms with van der Waals surface area (Å²) in [4.78, 5) is 5.64. The molecule has 1 aliphatic rings. The molecule has 1 saturated heterocycles. The summed E-state index contributed by atoms with van der Waals surface area (Å²) in [6, 6.07) is 4.09. The van der Waals surface area contributed by atoms with Crippen LogP contribution in [-0.2, 0) is 15.6 Å². The van der Waals surface area contributed by atoms with Crippen molar-refractivity contribution in [2.45, 2.75) is 30.0 Å². The molecule has 0 aliphatic carbocycles. The number of rotatable bonds is 4. The van der Waals surface area contributed by atoms with Crippen LogP contribution < -0.4 is 4.90 Å². The van der Waals surface area contributed by atoms with Gasteiger partial charge in [-0.25, -0.2) is 8.42 Å². The summed E-state index contributed by atoms with van der Waals surface area (Å²) in [6.45, 7) is 1.82. The van der Waals surface area contributed by atoms with Crippen LogP contribution in [0.3, 0.4) is 0 Å². The summed E-state index contributed by atoms with van der Waals surface area (Å²) in [5.74, 6) is 0. The van der Waals surface area contributed by atoms with E-state index in [9.17, 15) is 26.7 Å². The Labute approximate surface area is 188 Å². The molecule has 12 heteroatoms. The molecule has 1 unspecified atom stereocenters. The molecule has 0 amide bonds. The lowest BCUT2D eigenvalue weighted by molar-refractivity contribution is -0.258. The van der Waals surface area contributed by atoms with Crippen molar-refractivity contribution in [2.24, 2.45) is 0 Å². The van der Waals surface area contributed by atoms with Crippen molar-refractivity contribution in [3.8, 4) is 0 Å². The maximum absolute atomic E-state index is 13.0. The topological polar surface area (TPSA) is 73.7 Å². The van der Waals surface area contributed by atoms with Crippen molar-refractivity contribution in [3.05, 3.63) is 52.3 Å². The van der Waals surface area contributed by atoms with Crippen LogP contribution in [0.15, 0.2) is 41.6 Å². The lowest BCUT2D eigenvalue weighted by Gasteiger charge is -2.27. The molecule has 170 valence electrons. The van der Waals surface area contributed by atoms with Crippen molar-refractivity contribution < 1.29 is 26.7 Å². The smallest absolute Gasteiger partial charge is 0.376 e. The second-order valence-corrected chi connectivity index (χ2v) is 10.0. The number of halogens is 5. The number of hydrogen-bond donors (Lipinski definition) is 1.